The minimum Gasteiger partial charge on any atom is -0.463 e. The van der Waals surface area contributed by atoms with Gasteiger partial charge >= 0.3 is 5.97 Å². The van der Waals surface area contributed by atoms with Gasteiger partial charge in [-0.05, 0) is 36.4 Å². The lowest BCUT2D eigenvalue weighted by molar-refractivity contribution is -0.138. The predicted octanol–water partition coefficient (Wildman–Crippen LogP) is 3.64. The monoisotopic (exact) mass is 366 g/mol. The second kappa shape index (κ2) is 6.76. The van der Waals surface area contributed by atoms with Crippen molar-refractivity contribution in [3.63, 3.8) is 0 Å². The van der Waals surface area contributed by atoms with E-state index >= 15 is 0 Å². The van der Waals surface area contributed by atoms with Crippen LogP contribution in [0, 0.1) is 6.92 Å². The Morgan fingerprint density at radius 2 is 2.12 bits per heavy atom. The first kappa shape index (κ1) is 16.5. The van der Waals surface area contributed by atoms with Crippen molar-refractivity contribution in [3.8, 4) is 0 Å². The summed E-state index contributed by atoms with van der Waals surface area (Å²) in [4.78, 5) is 18.3. The van der Waals surface area contributed by atoms with Crippen LogP contribution in [0.1, 0.15) is 29.0 Å². The maximum Gasteiger partial charge on any atom is 0.338 e. The van der Waals surface area contributed by atoms with E-state index in [2.05, 4.69) is 15.4 Å². The summed E-state index contributed by atoms with van der Waals surface area (Å²) in [6.07, 6.45) is 1.50. The Hall–Kier alpha value is -2.93. The van der Waals surface area contributed by atoms with Gasteiger partial charge in [-0.15, -0.1) is 11.3 Å². The van der Waals surface area contributed by atoms with Gasteiger partial charge in [0.05, 0.1) is 17.9 Å². The summed E-state index contributed by atoms with van der Waals surface area (Å²) in [7, 11) is 0. The van der Waals surface area contributed by atoms with Crippen LogP contribution in [0.4, 0.5) is 5.95 Å². The van der Waals surface area contributed by atoms with Crippen LogP contribution in [0.5, 0.6) is 0 Å². The molecule has 0 spiro atoms. The van der Waals surface area contributed by atoms with Crippen molar-refractivity contribution in [1.82, 2.24) is 14.8 Å². The summed E-state index contributed by atoms with van der Waals surface area (Å²) in [5.74, 6) is 0.257. The smallest absolute Gasteiger partial charge is 0.338 e. The van der Waals surface area contributed by atoms with Crippen molar-refractivity contribution < 1.29 is 9.53 Å². The van der Waals surface area contributed by atoms with Crippen molar-refractivity contribution in [2.75, 3.05) is 11.9 Å². The van der Waals surface area contributed by atoms with Gasteiger partial charge in [0.1, 0.15) is 12.4 Å². The molecule has 6 nitrogen and oxygen atoms in total. The van der Waals surface area contributed by atoms with Crippen molar-refractivity contribution in [1.29, 1.82) is 0 Å². The van der Waals surface area contributed by atoms with Crippen molar-refractivity contribution in [3.05, 3.63) is 69.7 Å². The Balaban J connectivity index is 1.98. The molecule has 3 heterocycles. The molecule has 1 aliphatic rings. The lowest BCUT2D eigenvalue weighted by atomic mass is 9.96. The van der Waals surface area contributed by atoms with E-state index in [4.69, 9.17) is 4.74 Å². The zero-order chi connectivity index (χ0) is 18.1. The normalized spacial score (nSPS) is 16.2. The third-order valence-electron chi connectivity index (χ3n) is 4.31. The van der Waals surface area contributed by atoms with Gasteiger partial charge in [-0.25, -0.2) is 9.48 Å². The number of aryl methyl sites for hydroxylation is 1. The van der Waals surface area contributed by atoms with Gasteiger partial charge < -0.3 is 10.1 Å². The molecule has 1 aromatic carbocycles. The number of carbonyl (C=O) groups is 1. The Labute approximate surface area is 155 Å². The van der Waals surface area contributed by atoms with Crippen LogP contribution in [-0.2, 0) is 9.53 Å². The second-order valence-corrected chi connectivity index (χ2v) is 6.85. The number of benzene rings is 1. The fraction of sp³-hybridized carbons (Fsp3) is 0.211. The van der Waals surface area contributed by atoms with Gasteiger partial charge in [0.2, 0.25) is 5.95 Å². The molecule has 0 saturated carbocycles. The summed E-state index contributed by atoms with van der Waals surface area (Å²) < 4.78 is 7.15. The maximum absolute atomic E-state index is 13.0. The van der Waals surface area contributed by atoms with Crippen LogP contribution < -0.4 is 5.32 Å². The average Bonchev–Trinajstić information content (AvgIpc) is 3.29. The van der Waals surface area contributed by atoms with Crippen LogP contribution in [0.25, 0.3) is 5.70 Å². The predicted molar refractivity (Wildman–Crippen MR) is 101 cm³/mol. The van der Waals surface area contributed by atoms with Gasteiger partial charge in [0.25, 0.3) is 0 Å². The van der Waals surface area contributed by atoms with Gasteiger partial charge in [-0.1, -0.05) is 30.3 Å². The highest BCUT2D eigenvalue weighted by atomic mass is 32.1. The first-order chi connectivity index (χ1) is 12.7. The molecule has 2 aromatic heterocycles. The molecule has 0 unspecified atom stereocenters. The molecule has 0 saturated heterocycles. The number of ether oxygens (including phenoxy) is 1. The van der Waals surface area contributed by atoms with E-state index in [1.165, 1.54) is 6.33 Å². The Morgan fingerprint density at radius 1 is 1.31 bits per heavy atom. The van der Waals surface area contributed by atoms with E-state index in [9.17, 15) is 4.79 Å². The van der Waals surface area contributed by atoms with Gasteiger partial charge in [-0.3, -0.25) is 0 Å². The first-order valence-electron chi connectivity index (χ1n) is 8.38. The number of nitrogens with zero attached hydrogens (tertiary/aromatic N) is 3. The largest absolute Gasteiger partial charge is 0.463 e. The van der Waals surface area contributed by atoms with Crippen LogP contribution in [0.3, 0.4) is 0 Å². The number of rotatable bonds is 4. The topological polar surface area (TPSA) is 69.0 Å². The lowest BCUT2D eigenvalue weighted by Crippen LogP contribution is -2.29. The fourth-order valence-corrected chi connectivity index (χ4v) is 4.15. The number of hydrogen-bond donors (Lipinski definition) is 1. The molecule has 1 atom stereocenters. The molecule has 1 aliphatic heterocycles. The highest BCUT2D eigenvalue weighted by molar-refractivity contribution is 7.10. The minimum absolute atomic E-state index is 0.310. The van der Waals surface area contributed by atoms with Gasteiger partial charge in [0.15, 0.2) is 0 Å². The molecule has 0 radical (unpaired) electrons. The standard InChI is InChI=1S/C19H18N4O2S/c1-3-25-18(24)14-15(13-7-5-4-6-8-13)22-19-20-11-21-23(19)16(14)17-12(2)9-10-26-17/h4-11,16H,3H2,1-2H3,(H,20,21,22)/t16-/m1/s1. The Kier molecular flexibility index (Phi) is 4.30. The molecule has 1 N–H and O–H groups in total. The van der Waals surface area contributed by atoms with Crippen molar-refractivity contribution >= 4 is 29.0 Å². The van der Waals surface area contributed by atoms with Crippen LogP contribution in [-0.4, -0.2) is 27.3 Å². The second-order valence-electron chi connectivity index (χ2n) is 5.90. The van der Waals surface area contributed by atoms with Crippen LogP contribution >= 0.6 is 11.3 Å². The van der Waals surface area contributed by atoms with Crippen molar-refractivity contribution in [2.24, 2.45) is 0 Å². The summed E-state index contributed by atoms with van der Waals surface area (Å²) in [5, 5.41) is 9.65. The summed E-state index contributed by atoms with van der Waals surface area (Å²) in [6, 6.07) is 11.4. The van der Waals surface area contributed by atoms with E-state index in [0.717, 1.165) is 16.0 Å². The molecule has 0 fully saturated rings. The summed E-state index contributed by atoms with van der Waals surface area (Å²) in [5.41, 5.74) is 3.27. The van der Waals surface area contributed by atoms with E-state index in [-0.39, 0.29) is 12.0 Å². The zero-order valence-corrected chi connectivity index (χ0v) is 15.3. The number of carbonyl (C=O) groups excluding carboxylic acids is 1. The number of fused-ring (bicyclic) bond motifs is 1. The quantitative estimate of drug-likeness (QED) is 0.714. The number of hydrogen-bond acceptors (Lipinski definition) is 6. The van der Waals surface area contributed by atoms with E-state index in [1.807, 2.05) is 55.6 Å². The molecular formula is C19H18N4O2S. The summed E-state index contributed by atoms with van der Waals surface area (Å²) in [6.45, 7) is 4.16. The molecule has 3 aromatic rings. The van der Waals surface area contributed by atoms with E-state index in [1.54, 1.807) is 16.0 Å². The van der Waals surface area contributed by atoms with Gasteiger partial charge in [-0.2, -0.15) is 10.1 Å². The SMILES string of the molecule is CCOC(=O)C1=C(c2ccccc2)Nc2ncnn2[C@H]1c1sccc1C. The Bertz CT molecular complexity index is 974. The third-order valence-corrected chi connectivity index (χ3v) is 5.38. The fourth-order valence-electron chi connectivity index (χ4n) is 3.13. The molecule has 132 valence electrons. The van der Waals surface area contributed by atoms with E-state index in [0.29, 0.717) is 23.8 Å². The lowest BCUT2D eigenvalue weighted by Gasteiger charge is -2.29. The number of anilines is 1. The number of thiophene rings is 1. The highest BCUT2D eigenvalue weighted by Crippen LogP contribution is 2.41. The molecule has 0 aliphatic carbocycles. The molecule has 7 heteroatoms. The maximum atomic E-state index is 13.0. The van der Waals surface area contributed by atoms with Crippen LogP contribution in [0.2, 0.25) is 0 Å². The first-order valence-corrected chi connectivity index (χ1v) is 9.26. The zero-order valence-electron chi connectivity index (χ0n) is 14.5. The molecule has 0 bridgehead atoms. The molecule has 4 rings (SSSR count). The number of nitrogens with one attached hydrogen (secondary N) is 1. The molecular weight excluding hydrogens is 348 g/mol. The number of esters is 1. The van der Waals surface area contributed by atoms with E-state index < -0.39 is 0 Å². The number of aromatic nitrogens is 3. The van der Waals surface area contributed by atoms with Gasteiger partial charge in [0, 0.05) is 4.88 Å². The van der Waals surface area contributed by atoms with Crippen LogP contribution in [0.15, 0.2) is 53.7 Å². The van der Waals surface area contributed by atoms with Crippen molar-refractivity contribution in [2.45, 2.75) is 19.9 Å². The Morgan fingerprint density at radius 3 is 2.81 bits per heavy atom. The molecule has 0 amide bonds. The highest BCUT2D eigenvalue weighted by Gasteiger charge is 2.37. The minimum atomic E-state index is -0.372. The third kappa shape index (κ3) is 2.70. The molecule has 26 heavy (non-hydrogen) atoms. The summed E-state index contributed by atoms with van der Waals surface area (Å²) >= 11 is 1.60. The average molecular weight is 366 g/mol.